The first-order valence-electron chi connectivity index (χ1n) is 3.20. The highest BCUT2D eigenvalue weighted by atomic mass is 35.5. The van der Waals surface area contributed by atoms with E-state index in [1.807, 2.05) is 0 Å². The van der Waals surface area contributed by atoms with Crippen LogP contribution in [0.25, 0.3) is 0 Å². The van der Waals surface area contributed by atoms with Crippen LogP contribution in [0.15, 0.2) is 6.20 Å². The summed E-state index contributed by atoms with van der Waals surface area (Å²) in [6.45, 7) is 0.157. The summed E-state index contributed by atoms with van der Waals surface area (Å²) < 4.78 is 0.598. The Morgan fingerprint density at radius 3 is 3.00 bits per heavy atom. The molecule has 1 aromatic heterocycles. The first-order valence-corrected chi connectivity index (χ1v) is 4.40. The van der Waals surface area contributed by atoms with Crippen LogP contribution in [0, 0.1) is 0 Å². The van der Waals surface area contributed by atoms with E-state index in [-0.39, 0.29) is 12.5 Å². The van der Waals surface area contributed by atoms with Gasteiger partial charge in [-0.25, -0.2) is 4.98 Å². The van der Waals surface area contributed by atoms with Gasteiger partial charge in [0.2, 0.25) is 5.91 Å². The highest BCUT2D eigenvalue weighted by Gasteiger charge is 2.07. The molecule has 6 heteroatoms. The highest BCUT2D eigenvalue weighted by Crippen LogP contribution is 2.24. The first-order chi connectivity index (χ1) is 5.59. The van der Waals surface area contributed by atoms with Gasteiger partial charge in [0.1, 0.15) is 4.34 Å². The topological polar surface area (TPSA) is 59.2 Å². The van der Waals surface area contributed by atoms with Gasteiger partial charge in [0, 0.05) is 7.05 Å². The van der Waals surface area contributed by atoms with Crippen molar-refractivity contribution in [3.8, 4) is 0 Å². The van der Waals surface area contributed by atoms with Crippen LogP contribution in [0.5, 0.6) is 0 Å². The summed E-state index contributed by atoms with van der Waals surface area (Å²) in [6, 6.07) is 0. The second-order valence-electron chi connectivity index (χ2n) is 2.27. The quantitative estimate of drug-likeness (QED) is 0.791. The van der Waals surface area contributed by atoms with Crippen molar-refractivity contribution in [2.24, 2.45) is 5.73 Å². The zero-order valence-corrected chi connectivity index (χ0v) is 8.02. The Bertz CT molecular complexity index is 288. The molecular formula is C6H8ClN3OS. The lowest BCUT2D eigenvalue weighted by Crippen LogP contribution is -2.30. The molecule has 1 heterocycles. The fraction of sp³-hybridized carbons (Fsp3) is 0.333. The van der Waals surface area contributed by atoms with Gasteiger partial charge in [-0.2, -0.15) is 0 Å². The summed E-state index contributed by atoms with van der Waals surface area (Å²) in [5.74, 6) is -0.385. The molecule has 0 bridgehead atoms. The van der Waals surface area contributed by atoms with Crippen LogP contribution in [-0.4, -0.2) is 24.5 Å². The van der Waals surface area contributed by atoms with Crippen molar-refractivity contribution in [3.63, 3.8) is 0 Å². The zero-order valence-electron chi connectivity index (χ0n) is 6.45. The number of anilines is 1. The van der Waals surface area contributed by atoms with Gasteiger partial charge in [-0.05, 0) is 0 Å². The molecular weight excluding hydrogens is 198 g/mol. The van der Waals surface area contributed by atoms with Gasteiger partial charge in [-0.1, -0.05) is 22.9 Å². The molecule has 0 spiro atoms. The second-order valence-corrected chi connectivity index (χ2v) is 3.91. The smallest absolute Gasteiger partial charge is 0.237 e. The Morgan fingerprint density at radius 1 is 1.92 bits per heavy atom. The first kappa shape index (κ1) is 9.28. The molecule has 12 heavy (non-hydrogen) atoms. The van der Waals surface area contributed by atoms with Crippen molar-refractivity contribution in [2.45, 2.75) is 0 Å². The number of nitrogens with zero attached hydrogens (tertiary/aromatic N) is 2. The Kier molecular flexibility index (Phi) is 2.88. The van der Waals surface area contributed by atoms with Crippen LogP contribution in [0.4, 0.5) is 5.13 Å². The van der Waals surface area contributed by atoms with E-state index in [0.717, 1.165) is 0 Å². The Hall–Kier alpha value is -0.810. The molecule has 0 radical (unpaired) electrons. The van der Waals surface area contributed by atoms with E-state index in [0.29, 0.717) is 9.47 Å². The molecule has 0 aliphatic heterocycles. The minimum absolute atomic E-state index is 0.157. The highest BCUT2D eigenvalue weighted by molar-refractivity contribution is 7.19. The minimum Gasteiger partial charge on any atom is -0.368 e. The third-order valence-electron chi connectivity index (χ3n) is 1.18. The van der Waals surface area contributed by atoms with Crippen molar-refractivity contribution < 1.29 is 4.79 Å². The number of amides is 1. The maximum atomic E-state index is 10.5. The van der Waals surface area contributed by atoms with E-state index < -0.39 is 0 Å². The lowest BCUT2D eigenvalue weighted by molar-refractivity contribution is -0.116. The van der Waals surface area contributed by atoms with Gasteiger partial charge in [0.05, 0.1) is 12.7 Å². The number of nitrogens with two attached hydrogens (primary N) is 1. The molecule has 0 aliphatic carbocycles. The molecule has 0 unspecified atom stereocenters. The average Bonchev–Trinajstić information content (AvgIpc) is 2.34. The summed E-state index contributed by atoms with van der Waals surface area (Å²) in [7, 11) is 1.74. The maximum Gasteiger partial charge on any atom is 0.237 e. The van der Waals surface area contributed by atoms with Crippen LogP contribution in [0.1, 0.15) is 0 Å². The number of carbonyl (C=O) groups excluding carboxylic acids is 1. The van der Waals surface area contributed by atoms with Crippen LogP contribution < -0.4 is 10.6 Å². The van der Waals surface area contributed by atoms with Crippen LogP contribution in [-0.2, 0) is 4.79 Å². The zero-order chi connectivity index (χ0) is 9.14. The van der Waals surface area contributed by atoms with E-state index in [9.17, 15) is 4.79 Å². The SMILES string of the molecule is CN(CC(N)=O)c1ncc(Cl)s1. The molecule has 1 aromatic rings. The van der Waals surface area contributed by atoms with E-state index in [4.69, 9.17) is 17.3 Å². The van der Waals surface area contributed by atoms with Gasteiger partial charge >= 0.3 is 0 Å². The number of likely N-dealkylation sites (N-methyl/N-ethyl adjacent to an activating group) is 1. The molecule has 0 atom stereocenters. The van der Waals surface area contributed by atoms with Crippen molar-refractivity contribution in [1.82, 2.24) is 4.98 Å². The summed E-state index contributed by atoms with van der Waals surface area (Å²) in [4.78, 5) is 16.1. The second kappa shape index (κ2) is 3.73. The molecule has 0 fully saturated rings. The molecule has 1 amide bonds. The van der Waals surface area contributed by atoms with Gasteiger partial charge in [-0.15, -0.1) is 0 Å². The van der Waals surface area contributed by atoms with Crippen molar-refractivity contribution >= 4 is 34.0 Å². The standard InChI is InChI=1S/C6H8ClN3OS/c1-10(3-5(8)11)6-9-2-4(7)12-6/h2H,3H2,1H3,(H2,8,11). The molecule has 0 saturated carbocycles. The van der Waals surface area contributed by atoms with Gasteiger partial charge in [-0.3, -0.25) is 4.79 Å². The number of aromatic nitrogens is 1. The number of thiazole rings is 1. The van der Waals surface area contributed by atoms with Gasteiger partial charge in [0.25, 0.3) is 0 Å². The number of primary amides is 1. The van der Waals surface area contributed by atoms with E-state index in [1.165, 1.54) is 11.3 Å². The maximum absolute atomic E-state index is 10.5. The van der Waals surface area contributed by atoms with Crippen LogP contribution in [0.3, 0.4) is 0 Å². The van der Waals surface area contributed by atoms with Crippen LogP contribution >= 0.6 is 22.9 Å². The predicted molar refractivity (Wildman–Crippen MR) is 49.6 cm³/mol. The molecule has 66 valence electrons. The molecule has 2 N–H and O–H groups in total. The summed E-state index contributed by atoms with van der Waals surface area (Å²) >= 11 is 6.96. The third-order valence-corrected chi connectivity index (χ3v) is 2.41. The monoisotopic (exact) mass is 205 g/mol. The minimum atomic E-state index is -0.385. The average molecular weight is 206 g/mol. The molecule has 0 aromatic carbocycles. The number of halogens is 1. The number of rotatable bonds is 3. The largest absolute Gasteiger partial charge is 0.368 e. The summed E-state index contributed by atoms with van der Waals surface area (Å²) in [6.07, 6.45) is 1.54. The Balaban J connectivity index is 2.64. The van der Waals surface area contributed by atoms with Gasteiger partial charge in [0.15, 0.2) is 5.13 Å². The summed E-state index contributed by atoms with van der Waals surface area (Å²) in [5, 5.41) is 0.693. The lowest BCUT2D eigenvalue weighted by Gasteiger charge is -2.11. The van der Waals surface area contributed by atoms with Gasteiger partial charge < -0.3 is 10.6 Å². The predicted octanol–water partition coefficient (Wildman–Crippen LogP) is 0.718. The van der Waals surface area contributed by atoms with Crippen LogP contribution in [0.2, 0.25) is 4.34 Å². The fourth-order valence-corrected chi connectivity index (χ4v) is 1.59. The number of hydrogen-bond donors (Lipinski definition) is 1. The Morgan fingerprint density at radius 2 is 2.58 bits per heavy atom. The fourth-order valence-electron chi connectivity index (χ4n) is 0.724. The summed E-state index contributed by atoms with van der Waals surface area (Å²) in [5.41, 5.74) is 5.00. The Labute approximate surface area is 79.0 Å². The van der Waals surface area contributed by atoms with E-state index in [1.54, 1.807) is 18.1 Å². The molecule has 0 saturated heterocycles. The van der Waals surface area contributed by atoms with E-state index >= 15 is 0 Å². The van der Waals surface area contributed by atoms with Crippen molar-refractivity contribution in [2.75, 3.05) is 18.5 Å². The molecule has 1 rings (SSSR count). The number of carbonyl (C=O) groups is 1. The third kappa shape index (κ3) is 2.35. The number of hydrogen-bond acceptors (Lipinski definition) is 4. The van der Waals surface area contributed by atoms with E-state index in [2.05, 4.69) is 4.98 Å². The lowest BCUT2D eigenvalue weighted by atomic mass is 10.6. The molecule has 4 nitrogen and oxygen atoms in total. The molecule has 0 aliphatic rings. The van der Waals surface area contributed by atoms with Crippen molar-refractivity contribution in [1.29, 1.82) is 0 Å². The van der Waals surface area contributed by atoms with Crippen molar-refractivity contribution in [3.05, 3.63) is 10.5 Å². The normalized spacial score (nSPS) is 9.83.